The van der Waals surface area contributed by atoms with Crippen molar-refractivity contribution in [2.24, 2.45) is 0 Å². The van der Waals surface area contributed by atoms with E-state index >= 15 is 0 Å². The van der Waals surface area contributed by atoms with Crippen LogP contribution < -0.4 is 5.32 Å². The van der Waals surface area contributed by atoms with Crippen molar-refractivity contribution in [2.45, 2.75) is 31.9 Å². The van der Waals surface area contributed by atoms with Crippen molar-refractivity contribution in [3.8, 4) is 0 Å². The summed E-state index contributed by atoms with van der Waals surface area (Å²) in [6.45, 7) is 4.72. The molecule has 4 heteroatoms. The monoisotopic (exact) mass is 186 g/mol. The zero-order valence-electron chi connectivity index (χ0n) is 8.50. The fourth-order valence-electron chi connectivity index (χ4n) is 1.44. The van der Waals surface area contributed by atoms with Crippen molar-refractivity contribution in [1.29, 1.82) is 0 Å². The predicted octanol–water partition coefficient (Wildman–Crippen LogP) is -0.422. The normalized spacial score (nSPS) is 22.3. The number of carbonyl (C=O) groups is 1. The Bertz CT molecular complexity index is 200. The standard InChI is InChI=1S/C9H18N2O2/c1-4-9(13)5-11(6-9)8(12)7(2)10-3/h7,10,13H,4-6H2,1-3H3. The van der Waals surface area contributed by atoms with E-state index in [1.807, 2.05) is 13.8 Å². The van der Waals surface area contributed by atoms with Crippen LogP contribution in [0.15, 0.2) is 0 Å². The molecule has 0 spiro atoms. The molecule has 0 aromatic carbocycles. The first-order chi connectivity index (χ1) is 6.02. The van der Waals surface area contributed by atoms with Gasteiger partial charge in [-0.3, -0.25) is 4.79 Å². The van der Waals surface area contributed by atoms with E-state index in [9.17, 15) is 9.90 Å². The Labute approximate surface area is 78.9 Å². The Morgan fingerprint density at radius 3 is 2.62 bits per heavy atom. The lowest BCUT2D eigenvalue weighted by Crippen LogP contribution is -2.65. The number of nitrogens with one attached hydrogen (secondary N) is 1. The van der Waals surface area contributed by atoms with Gasteiger partial charge in [-0.2, -0.15) is 0 Å². The van der Waals surface area contributed by atoms with Crippen molar-refractivity contribution in [3.63, 3.8) is 0 Å². The number of carbonyl (C=O) groups excluding carboxylic acids is 1. The highest BCUT2D eigenvalue weighted by molar-refractivity contribution is 5.82. The maximum atomic E-state index is 11.5. The quantitative estimate of drug-likeness (QED) is 0.629. The minimum absolute atomic E-state index is 0.0700. The van der Waals surface area contributed by atoms with Gasteiger partial charge in [0.25, 0.3) is 0 Å². The summed E-state index contributed by atoms with van der Waals surface area (Å²) in [7, 11) is 1.76. The summed E-state index contributed by atoms with van der Waals surface area (Å²) < 4.78 is 0. The Balaban J connectivity index is 2.39. The van der Waals surface area contributed by atoms with E-state index in [0.717, 1.165) is 0 Å². The average molecular weight is 186 g/mol. The number of likely N-dealkylation sites (tertiary alicyclic amines) is 1. The van der Waals surface area contributed by atoms with Crippen molar-refractivity contribution >= 4 is 5.91 Å². The number of aliphatic hydroxyl groups is 1. The molecule has 0 bridgehead atoms. The summed E-state index contributed by atoms with van der Waals surface area (Å²) >= 11 is 0. The second kappa shape index (κ2) is 3.64. The van der Waals surface area contributed by atoms with Gasteiger partial charge in [-0.1, -0.05) is 6.92 Å². The smallest absolute Gasteiger partial charge is 0.239 e. The average Bonchev–Trinajstić information content (AvgIpc) is 2.10. The Morgan fingerprint density at radius 2 is 2.23 bits per heavy atom. The lowest BCUT2D eigenvalue weighted by molar-refractivity contribution is -0.157. The molecule has 4 nitrogen and oxygen atoms in total. The van der Waals surface area contributed by atoms with Crippen LogP contribution >= 0.6 is 0 Å². The van der Waals surface area contributed by atoms with E-state index < -0.39 is 5.60 Å². The van der Waals surface area contributed by atoms with E-state index in [0.29, 0.717) is 19.5 Å². The third-order valence-electron chi connectivity index (χ3n) is 2.74. The molecule has 76 valence electrons. The third kappa shape index (κ3) is 2.00. The molecule has 1 amide bonds. The van der Waals surface area contributed by atoms with Gasteiger partial charge in [0, 0.05) is 0 Å². The molecule has 13 heavy (non-hydrogen) atoms. The molecule has 1 unspecified atom stereocenters. The highest BCUT2D eigenvalue weighted by Gasteiger charge is 2.42. The second-order valence-electron chi connectivity index (χ2n) is 3.78. The summed E-state index contributed by atoms with van der Waals surface area (Å²) in [5.41, 5.74) is -0.622. The first-order valence-electron chi connectivity index (χ1n) is 4.71. The van der Waals surface area contributed by atoms with Crippen LogP contribution in [0.3, 0.4) is 0 Å². The van der Waals surface area contributed by atoms with E-state index in [1.54, 1.807) is 11.9 Å². The van der Waals surface area contributed by atoms with Crippen LogP contribution in [-0.4, -0.2) is 47.7 Å². The Hall–Kier alpha value is -0.610. The topological polar surface area (TPSA) is 52.6 Å². The Morgan fingerprint density at radius 1 is 1.69 bits per heavy atom. The van der Waals surface area contributed by atoms with Crippen molar-refractivity contribution in [1.82, 2.24) is 10.2 Å². The zero-order valence-corrected chi connectivity index (χ0v) is 8.50. The number of likely N-dealkylation sites (N-methyl/N-ethyl adjacent to an activating group) is 1. The summed E-state index contributed by atoms with van der Waals surface area (Å²) in [4.78, 5) is 13.2. The fraction of sp³-hybridized carbons (Fsp3) is 0.889. The molecule has 0 aliphatic carbocycles. The molecular formula is C9H18N2O2. The van der Waals surface area contributed by atoms with Gasteiger partial charge in [0.05, 0.1) is 24.7 Å². The third-order valence-corrected chi connectivity index (χ3v) is 2.74. The first-order valence-corrected chi connectivity index (χ1v) is 4.71. The molecule has 1 aliphatic heterocycles. The Kier molecular flexibility index (Phi) is 2.93. The number of hydrogen-bond acceptors (Lipinski definition) is 3. The highest BCUT2D eigenvalue weighted by Crippen LogP contribution is 2.24. The largest absolute Gasteiger partial charge is 0.386 e. The minimum atomic E-state index is -0.622. The molecule has 1 heterocycles. The van der Waals surface area contributed by atoms with Crippen LogP contribution in [-0.2, 0) is 4.79 Å². The maximum absolute atomic E-state index is 11.5. The van der Waals surface area contributed by atoms with Gasteiger partial charge in [0.2, 0.25) is 5.91 Å². The van der Waals surface area contributed by atoms with Crippen molar-refractivity contribution in [3.05, 3.63) is 0 Å². The molecule has 1 aliphatic rings. The van der Waals surface area contributed by atoms with Gasteiger partial charge < -0.3 is 15.3 Å². The molecule has 0 saturated carbocycles. The summed E-state index contributed by atoms with van der Waals surface area (Å²) in [5.74, 6) is 0.0700. The van der Waals surface area contributed by atoms with E-state index in [2.05, 4.69) is 5.32 Å². The van der Waals surface area contributed by atoms with E-state index in [4.69, 9.17) is 0 Å². The van der Waals surface area contributed by atoms with Gasteiger partial charge in [-0.25, -0.2) is 0 Å². The van der Waals surface area contributed by atoms with Crippen molar-refractivity contribution < 1.29 is 9.90 Å². The van der Waals surface area contributed by atoms with E-state index in [-0.39, 0.29) is 11.9 Å². The van der Waals surface area contributed by atoms with Crippen LogP contribution in [0.5, 0.6) is 0 Å². The second-order valence-corrected chi connectivity index (χ2v) is 3.78. The molecule has 0 aromatic rings. The lowest BCUT2D eigenvalue weighted by atomic mass is 9.91. The van der Waals surface area contributed by atoms with Crippen LogP contribution in [0, 0.1) is 0 Å². The first kappa shape index (κ1) is 10.5. The number of rotatable bonds is 3. The summed E-state index contributed by atoms with van der Waals surface area (Å²) in [6, 6.07) is -0.151. The van der Waals surface area contributed by atoms with Crippen LogP contribution in [0.4, 0.5) is 0 Å². The number of amides is 1. The summed E-state index contributed by atoms with van der Waals surface area (Å²) in [6.07, 6.45) is 0.713. The van der Waals surface area contributed by atoms with Gasteiger partial charge >= 0.3 is 0 Å². The van der Waals surface area contributed by atoms with Crippen LogP contribution in [0.25, 0.3) is 0 Å². The fourth-order valence-corrected chi connectivity index (χ4v) is 1.44. The molecule has 1 atom stereocenters. The summed E-state index contributed by atoms with van der Waals surface area (Å²) in [5, 5.41) is 12.6. The van der Waals surface area contributed by atoms with Gasteiger partial charge in [0.1, 0.15) is 0 Å². The molecular weight excluding hydrogens is 168 g/mol. The van der Waals surface area contributed by atoms with Gasteiger partial charge in [0.15, 0.2) is 0 Å². The van der Waals surface area contributed by atoms with Crippen molar-refractivity contribution in [2.75, 3.05) is 20.1 Å². The molecule has 1 fully saturated rings. The van der Waals surface area contributed by atoms with Crippen LogP contribution in [0.1, 0.15) is 20.3 Å². The molecule has 1 saturated heterocycles. The predicted molar refractivity (Wildman–Crippen MR) is 50.3 cm³/mol. The molecule has 1 rings (SSSR count). The highest BCUT2D eigenvalue weighted by atomic mass is 16.3. The van der Waals surface area contributed by atoms with Gasteiger partial charge in [-0.05, 0) is 20.4 Å². The zero-order chi connectivity index (χ0) is 10.1. The molecule has 0 aromatic heterocycles. The SMILES string of the molecule is CCC1(O)CN(C(=O)C(C)NC)C1. The van der Waals surface area contributed by atoms with Crippen LogP contribution in [0.2, 0.25) is 0 Å². The lowest BCUT2D eigenvalue weighted by Gasteiger charge is -2.46. The maximum Gasteiger partial charge on any atom is 0.239 e. The van der Waals surface area contributed by atoms with E-state index in [1.165, 1.54) is 0 Å². The minimum Gasteiger partial charge on any atom is -0.386 e. The molecule has 2 N–H and O–H groups in total. The number of β-amino-alcohol motifs (C(OH)–C–C–N with tert-alkyl or cyclic N) is 1. The van der Waals surface area contributed by atoms with Gasteiger partial charge in [-0.15, -0.1) is 0 Å². The number of nitrogens with zero attached hydrogens (tertiary/aromatic N) is 1. The number of hydrogen-bond donors (Lipinski definition) is 2. The molecule has 0 radical (unpaired) electrons.